The van der Waals surface area contributed by atoms with Crippen molar-refractivity contribution < 1.29 is 19.4 Å². The monoisotopic (exact) mass is 386 g/mol. The van der Waals surface area contributed by atoms with E-state index in [1.165, 1.54) is 0 Å². The van der Waals surface area contributed by atoms with Crippen LogP contribution in [0.1, 0.15) is 36.0 Å². The Kier molecular flexibility index (Phi) is 5.87. The number of para-hydroxylation sites is 1. The zero-order chi connectivity index (χ0) is 19.3. The smallest absolute Gasteiger partial charge is 0.341 e. The van der Waals surface area contributed by atoms with Gasteiger partial charge in [0.05, 0.1) is 6.54 Å². The average molecular weight is 386 g/mol. The van der Waals surface area contributed by atoms with Crippen LogP contribution in [0.2, 0.25) is 0 Å². The minimum absolute atomic E-state index is 0.328. The van der Waals surface area contributed by atoms with Gasteiger partial charge in [0.1, 0.15) is 11.6 Å². The van der Waals surface area contributed by atoms with Crippen molar-refractivity contribution >= 4 is 5.97 Å². The van der Waals surface area contributed by atoms with Crippen LogP contribution in [-0.4, -0.2) is 63.7 Å². The molecular weight excluding hydrogens is 360 g/mol. The van der Waals surface area contributed by atoms with Crippen molar-refractivity contribution in [2.45, 2.75) is 38.3 Å². The molecule has 0 aliphatic carbocycles. The molecule has 1 aromatic heterocycles. The fraction of sp³-hybridized carbons (Fsp3) is 0.550. The molecule has 1 aromatic carbocycles. The van der Waals surface area contributed by atoms with Gasteiger partial charge in [-0.25, -0.2) is 14.5 Å². The highest BCUT2D eigenvalue weighted by Gasteiger charge is 2.24. The second-order valence-corrected chi connectivity index (χ2v) is 7.31. The lowest BCUT2D eigenvalue weighted by Gasteiger charge is -2.21. The molecule has 8 heteroatoms. The van der Waals surface area contributed by atoms with E-state index in [4.69, 9.17) is 24.7 Å². The van der Waals surface area contributed by atoms with Gasteiger partial charge in [0.15, 0.2) is 12.4 Å². The van der Waals surface area contributed by atoms with E-state index in [-0.39, 0.29) is 6.61 Å². The predicted octanol–water partition coefficient (Wildman–Crippen LogP) is 1.69. The van der Waals surface area contributed by atoms with Crippen molar-refractivity contribution in [1.82, 2.24) is 19.7 Å². The van der Waals surface area contributed by atoms with Gasteiger partial charge >= 0.3 is 5.97 Å². The van der Waals surface area contributed by atoms with E-state index in [1.54, 1.807) is 0 Å². The molecule has 0 atom stereocenters. The predicted molar refractivity (Wildman–Crippen MR) is 101 cm³/mol. The van der Waals surface area contributed by atoms with Crippen LogP contribution in [0.5, 0.6) is 5.75 Å². The minimum Gasteiger partial charge on any atom is -0.482 e. The summed E-state index contributed by atoms with van der Waals surface area (Å²) in [6.45, 7) is 4.55. The molecule has 3 heterocycles. The molecule has 1 N–H and O–H groups in total. The number of rotatable bonds is 6. The molecule has 0 spiro atoms. The standard InChI is InChI=1S/C20H26N4O4/c25-19(26)14-28-17-4-2-1-3-16(17)13-23-8-5-18-21-20(22-24(18)10-9-23)15-6-11-27-12-7-15/h1-4,15H,5-14H2,(H,25,26). The Bertz CT molecular complexity index is 791. The summed E-state index contributed by atoms with van der Waals surface area (Å²) >= 11 is 0. The van der Waals surface area contributed by atoms with Crippen molar-refractivity contribution in [3.05, 3.63) is 41.5 Å². The number of benzene rings is 1. The third-order valence-electron chi connectivity index (χ3n) is 5.35. The Morgan fingerprint density at radius 3 is 2.86 bits per heavy atom. The molecule has 2 aromatic rings. The van der Waals surface area contributed by atoms with Gasteiger partial charge in [-0.2, -0.15) is 5.10 Å². The number of aromatic nitrogens is 3. The summed E-state index contributed by atoms with van der Waals surface area (Å²) in [5.41, 5.74) is 0.999. The van der Waals surface area contributed by atoms with Crippen LogP contribution in [0.3, 0.4) is 0 Å². The molecule has 28 heavy (non-hydrogen) atoms. The Morgan fingerprint density at radius 1 is 1.21 bits per heavy atom. The molecule has 2 aliphatic rings. The molecule has 0 bridgehead atoms. The zero-order valence-electron chi connectivity index (χ0n) is 15.9. The number of carboxylic acids is 1. The van der Waals surface area contributed by atoms with Gasteiger partial charge in [-0.15, -0.1) is 0 Å². The molecule has 150 valence electrons. The van der Waals surface area contributed by atoms with E-state index < -0.39 is 5.97 Å². The Balaban J connectivity index is 1.38. The van der Waals surface area contributed by atoms with Gasteiger partial charge in [0, 0.05) is 50.8 Å². The van der Waals surface area contributed by atoms with E-state index >= 15 is 0 Å². The number of ether oxygens (including phenoxy) is 2. The summed E-state index contributed by atoms with van der Waals surface area (Å²) < 4.78 is 12.9. The van der Waals surface area contributed by atoms with Gasteiger partial charge in [0.25, 0.3) is 0 Å². The zero-order valence-corrected chi connectivity index (χ0v) is 15.9. The number of fused-ring (bicyclic) bond motifs is 1. The first-order valence-electron chi connectivity index (χ1n) is 9.85. The molecule has 0 saturated carbocycles. The van der Waals surface area contributed by atoms with Crippen LogP contribution in [0, 0.1) is 0 Å². The lowest BCUT2D eigenvalue weighted by atomic mass is 10.00. The topological polar surface area (TPSA) is 89.7 Å². The second-order valence-electron chi connectivity index (χ2n) is 7.31. The average Bonchev–Trinajstić information content (AvgIpc) is 3.04. The normalized spacial score (nSPS) is 18.4. The molecule has 8 nitrogen and oxygen atoms in total. The highest BCUT2D eigenvalue weighted by atomic mass is 16.5. The summed E-state index contributed by atoms with van der Waals surface area (Å²) in [5.74, 6) is 2.11. The van der Waals surface area contributed by atoms with E-state index in [9.17, 15) is 4.79 Å². The molecule has 0 unspecified atom stereocenters. The first-order valence-corrected chi connectivity index (χ1v) is 9.85. The van der Waals surface area contributed by atoms with Crippen LogP contribution in [0.25, 0.3) is 0 Å². The van der Waals surface area contributed by atoms with E-state index in [0.29, 0.717) is 18.2 Å². The summed E-state index contributed by atoms with van der Waals surface area (Å²) in [5, 5.41) is 13.6. The largest absolute Gasteiger partial charge is 0.482 e. The van der Waals surface area contributed by atoms with Crippen molar-refractivity contribution in [3.63, 3.8) is 0 Å². The Morgan fingerprint density at radius 2 is 2.04 bits per heavy atom. The van der Waals surface area contributed by atoms with Gasteiger partial charge in [-0.05, 0) is 18.9 Å². The molecule has 4 rings (SSSR count). The number of carbonyl (C=O) groups is 1. The number of aliphatic carboxylic acids is 1. The number of hydrogen-bond acceptors (Lipinski definition) is 6. The molecule has 0 radical (unpaired) electrons. The van der Waals surface area contributed by atoms with Crippen molar-refractivity contribution in [2.75, 3.05) is 32.9 Å². The SMILES string of the molecule is O=C(O)COc1ccccc1CN1CCc2nc(C3CCOCC3)nn2CC1. The van der Waals surface area contributed by atoms with Crippen LogP contribution >= 0.6 is 0 Å². The van der Waals surface area contributed by atoms with Crippen LogP contribution < -0.4 is 4.74 Å². The summed E-state index contributed by atoms with van der Waals surface area (Å²) in [4.78, 5) is 18.0. The third-order valence-corrected chi connectivity index (χ3v) is 5.35. The van der Waals surface area contributed by atoms with Crippen molar-refractivity contribution in [3.8, 4) is 5.75 Å². The maximum Gasteiger partial charge on any atom is 0.341 e. The summed E-state index contributed by atoms with van der Waals surface area (Å²) in [6.07, 6.45) is 2.86. The van der Waals surface area contributed by atoms with E-state index in [0.717, 1.165) is 69.3 Å². The molecule has 1 saturated heterocycles. The van der Waals surface area contributed by atoms with Crippen LogP contribution in [0.4, 0.5) is 0 Å². The van der Waals surface area contributed by atoms with Crippen LogP contribution in [-0.2, 0) is 29.0 Å². The van der Waals surface area contributed by atoms with Crippen molar-refractivity contribution in [2.24, 2.45) is 0 Å². The fourth-order valence-electron chi connectivity index (χ4n) is 3.81. The van der Waals surface area contributed by atoms with Crippen molar-refractivity contribution in [1.29, 1.82) is 0 Å². The molecular formula is C20H26N4O4. The van der Waals surface area contributed by atoms with Gasteiger partial charge < -0.3 is 14.6 Å². The van der Waals surface area contributed by atoms with Gasteiger partial charge in [-0.3, -0.25) is 4.90 Å². The molecule has 0 amide bonds. The maximum absolute atomic E-state index is 10.8. The number of carboxylic acid groups (broad SMARTS) is 1. The Labute approximate surface area is 164 Å². The number of hydrogen-bond donors (Lipinski definition) is 1. The quantitative estimate of drug-likeness (QED) is 0.808. The highest BCUT2D eigenvalue weighted by Crippen LogP contribution is 2.25. The van der Waals surface area contributed by atoms with E-state index in [2.05, 4.69) is 9.58 Å². The first-order chi connectivity index (χ1) is 13.7. The molecule has 2 aliphatic heterocycles. The third kappa shape index (κ3) is 4.51. The van der Waals surface area contributed by atoms with Gasteiger partial charge in [0.2, 0.25) is 0 Å². The van der Waals surface area contributed by atoms with Crippen LogP contribution in [0.15, 0.2) is 24.3 Å². The highest BCUT2D eigenvalue weighted by molar-refractivity contribution is 5.68. The summed E-state index contributed by atoms with van der Waals surface area (Å²) in [7, 11) is 0. The van der Waals surface area contributed by atoms with Gasteiger partial charge in [-0.1, -0.05) is 18.2 Å². The second kappa shape index (κ2) is 8.70. The Hall–Kier alpha value is -2.45. The lowest BCUT2D eigenvalue weighted by Crippen LogP contribution is -2.27. The fourth-order valence-corrected chi connectivity index (χ4v) is 3.81. The first kappa shape index (κ1) is 18.9. The summed E-state index contributed by atoms with van der Waals surface area (Å²) in [6, 6.07) is 7.62. The minimum atomic E-state index is -0.971. The molecule has 1 fully saturated rings. The lowest BCUT2D eigenvalue weighted by molar-refractivity contribution is -0.139. The number of nitrogens with zero attached hydrogens (tertiary/aromatic N) is 4. The van der Waals surface area contributed by atoms with E-state index in [1.807, 2.05) is 24.3 Å². The maximum atomic E-state index is 10.8.